The molecule has 2 aromatic carbocycles. The van der Waals surface area contributed by atoms with Crippen LogP contribution < -0.4 is 10.6 Å². The highest BCUT2D eigenvalue weighted by atomic mass is 127. The number of phenols is 1. The van der Waals surface area contributed by atoms with E-state index < -0.39 is 17.7 Å². The van der Waals surface area contributed by atoms with Crippen LogP contribution in [-0.2, 0) is 16.0 Å². The molecule has 0 unspecified atom stereocenters. The summed E-state index contributed by atoms with van der Waals surface area (Å²) in [5, 5.41) is 15.6. The average molecular weight is 748 g/mol. The van der Waals surface area contributed by atoms with Crippen molar-refractivity contribution in [1.82, 2.24) is 5.32 Å². The first-order chi connectivity index (χ1) is 13.9. The lowest BCUT2D eigenvalue weighted by Gasteiger charge is -2.24. The van der Waals surface area contributed by atoms with Gasteiger partial charge in [0.05, 0.1) is 7.14 Å². The summed E-state index contributed by atoms with van der Waals surface area (Å²) in [6.07, 6.45) is -0.411. The molecule has 0 spiro atoms. The van der Waals surface area contributed by atoms with Gasteiger partial charge in [0.15, 0.2) is 0 Å². The van der Waals surface area contributed by atoms with Crippen molar-refractivity contribution in [3.8, 4) is 5.75 Å². The largest absolute Gasteiger partial charge is 0.506 e. The van der Waals surface area contributed by atoms with E-state index in [9.17, 15) is 14.7 Å². The number of phenolic OH excluding ortho intramolecular Hbond substituents is 1. The van der Waals surface area contributed by atoms with E-state index in [1.165, 1.54) is 0 Å². The van der Waals surface area contributed by atoms with E-state index in [-0.39, 0.29) is 18.1 Å². The van der Waals surface area contributed by atoms with Gasteiger partial charge in [-0.2, -0.15) is 0 Å². The van der Waals surface area contributed by atoms with E-state index in [1.54, 1.807) is 32.9 Å². The number of amides is 2. The molecule has 0 radical (unpaired) electrons. The second-order valence-corrected chi connectivity index (χ2v) is 11.3. The SMILES string of the molecule is Cc1cc(I)ccc1NC(=O)[C@@H](Cc1cc(I)c(O)c(I)c1)NC(=O)OC(C)(C)C. The third-order valence-electron chi connectivity index (χ3n) is 3.97. The highest BCUT2D eigenvalue weighted by molar-refractivity contribution is 14.1. The normalized spacial score (nSPS) is 12.2. The van der Waals surface area contributed by atoms with Gasteiger partial charge in [-0.3, -0.25) is 4.79 Å². The molecule has 6 nitrogen and oxygen atoms in total. The van der Waals surface area contributed by atoms with E-state index in [2.05, 4.69) is 33.2 Å². The third-order valence-corrected chi connectivity index (χ3v) is 6.29. The molecule has 2 aromatic rings. The Morgan fingerprint density at radius 2 is 1.70 bits per heavy atom. The molecule has 0 aliphatic rings. The molecule has 0 heterocycles. The Morgan fingerprint density at radius 1 is 1.10 bits per heavy atom. The zero-order chi connectivity index (χ0) is 22.6. The number of alkyl carbamates (subject to hydrolysis) is 1. The van der Waals surface area contributed by atoms with Gasteiger partial charge in [-0.15, -0.1) is 0 Å². The molecule has 162 valence electrons. The molecular formula is C21H23I3N2O4. The van der Waals surface area contributed by atoms with Gasteiger partial charge in [0, 0.05) is 15.7 Å². The van der Waals surface area contributed by atoms with Crippen molar-refractivity contribution >= 4 is 85.5 Å². The number of aromatic hydroxyl groups is 1. The van der Waals surface area contributed by atoms with E-state index in [1.807, 2.05) is 70.3 Å². The maximum Gasteiger partial charge on any atom is 0.408 e. The molecule has 0 aliphatic carbocycles. The first-order valence-electron chi connectivity index (χ1n) is 9.09. The Balaban J connectivity index is 2.27. The van der Waals surface area contributed by atoms with Crippen molar-refractivity contribution in [2.45, 2.75) is 45.8 Å². The van der Waals surface area contributed by atoms with Crippen LogP contribution >= 0.6 is 67.8 Å². The number of nitrogens with one attached hydrogen (secondary N) is 2. The van der Waals surface area contributed by atoms with Gasteiger partial charge >= 0.3 is 6.09 Å². The minimum Gasteiger partial charge on any atom is -0.506 e. The number of carbonyl (C=O) groups excluding carboxylic acids is 2. The fraction of sp³-hybridized carbons (Fsp3) is 0.333. The fourth-order valence-corrected chi connectivity index (χ4v) is 5.16. The van der Waals surface area contributed by atoms with Gasteiger partial charge in [0.1, 0.15) is 17.4 Å². The van der Waals surface area contributed by atoms with Crippen LogP contribution in [0, 0.1) is 17.6 Å². The first-order valence-corrected chi connectivity index (χ1v) is 12.3. The molecule has 1 atom stereocenters. The second-order valence-electron chi connectivity index (χ2n) is 7.76. The van der Waals surface area contributed by atoms with Crippen molar-refractivity contribution in [2.75, 3.05) is 5.32 Å². The van der Waals surface area contributed by atoms with Crippen LogP contribution in [0.3, 0.4) is 0 Å². The molecule has 0 fully saturated rings. The van der Waals surface area contributed by atoms with Gasteiger partial charge < -0.3 is 20.5 Å². The second kappa shape index (κ2) is 10.7. The molecule has 0 bridgehead atoms. The number of rotatable bonds is 5. The summed E-state index contributed by atoms with van der Waals surface area (Å²) < 4.78 is 7.77. The molecule has 30 heavy (non-hydrogen) atoms. The van der Waals surface area contributed by atoms with Crippen LogP contribution in [0.15, 0.2) is 30.3 Å². The number of hydrogen-bond acceptors (Lipinski definition) is 4. The Bertz CT molecular complexity index is 935. The van der Waals surface area contributed by atoms with Crippen molar-refractivity contribution < 1.29 is 19.4 Å². The smallest absolute Gasteiger partial charge is 0.408 e. The highest BCUT2D eigenvalue weighted by Gasteiger charge is 2.25. The van der Waals surface area contributed by atoms with Crippen molar-refractivity contribution in [1.29, 1.82) is 0 Å². The monoisotopic (exact) mass is 748 g/mol. The minimum atomic E-state index is -0.852. The number of anilines is 1. The third kappa shape index (κ3) is 7.70. The number of ether oxygens (including phenoxy) is 1. The highest BCUT2D eigenvalue weighted by Crippen LogP contribution is 2.28. The number of hydrogen-bond donors (Lipinski definition) is 3. The Hall–Kier alpha value is -0.830. The summed E-state index contributed by atoms with van der Waals surface area (Å²) in [7, 11) is 0. The standard InChI is InChI=1S/C21H23I3N2O4/c1-11-7-13(22)5-6-16(11)25-19(28)17(26-20(29)30-21(2,3)4)10-12-8-14(23)18(27)15(24)9-12/h5-9,17,27H,10H2,1-4H3,(H,25,28)(H,26,29)/t17-/m1/s1. The lowest BCUT2D eigenvalue weighted by Crippen LogP contribution is -2.47. The first kappa shape index (κ1) is 25.4. The lowest BCUT2D eigenvalue weighted by atomic mass is 10.0. The van der Waals surface area contributed by atoms with Crippen LogP contribution in [0.2, 0.25) is 0 Å². The van der Waals surface area contributed by atoms with Crippen molar-refractivity contribution in [3.05, 3.63) is 52.2 Å². The van der Waals surface area contributed by atoms with Crippen molar-refractivity contribution in [2.24, 2.45) is 0 Å². The molecule has 2 amide bonds. The lowest BCUT2D eigenvalue weighted by molar-refractivity contribution is -0.118. The van der Waals surface area contributed by atoms with E-state index >= 15 is 0 Å². The van der Waals surface area contributed by atoms with Crippen molar-refractivity contribution in [3.63, 3.8) is 0 Å². The van der Waals surface area contributed by atoms with Crippen LogP contribution in [0.5, 0.6) is 5.75 Å². The van der Waals surface area contributed by atoms with Gasteiger partial charge in [-0.1, -0.05) is 0 Å². The van der Waals surface area contributed by atoms with Gasteiger partial charge in [-0.05, 0) is 137 Å². The summed E-state index contributed by atoms with van der Waals surface area (Å²) in [5.74, 6) is -0.140. The molecular weight excluding hydrogens is 725 g/mol. The maximum atomic E-state index is 13.1. The molecule has 3 N–H and O–H groups in total. The Morgan fingerprint density at radius 3 is 2.23 bits per heavy atom. The molecule has 0 saturated heterocycles. The van der Waals surface area contributed by atoms with Crippen LogP contribution in [0.25, 0.3) is 0 Å². The predicted octanol–water partition coefficient (Wildman–Crippen LogP) is 5.59. The summed E-state index contributed by atoms with van der Waals surface area (Å²) in [6, 6.07) is 8.46. The number of carbonyl (C=O) groups is 2. The zero-order valence-electron chi connectivity index (χ0n) is 17.0. The summed E-state index contributed by atoms with van der Waals surface area (Å²) in [5.41, 5.74) is 1.75. The molecule has 0 aliphatic heterocycles. The summed E-state index contributed by atoms with van der Waals surface area (Å²) in [4.78, 5) is 25.4. The van der Waals surface area contributed by atoms with E-state index in [0.29, 0.717) is 12.8 Å². The molecule has 0 aromatic heterocycles. The van der Waals surface area contributed by atoms with Crippen LogP contribution in [0.4, 0.5) is 10.5 Å². The summed E-state index contributed by atoms with van der Waals surface area (Å²) in [6.45, 7) is 7.21. The summed E-state index contributed by atoms with van der Waals surface area (Å²) >= 11 is 6.29. The predicted molar refractivity (Wildman–Crippen MR) is 143 cm³/mol. The number of benzene rings is 2. The zero-order valence-corrected chi connectivity index (χ0v) is 23.4. The van der Waals surface area contributed by atoms with E-state index in [4.69, 9.17) is 4.74 Å². The molecule has 0 saturated carbocycles. The number of aryl methyl sites for hydroxylation is 1. The fourth-order valence-electron chi connectivity index (χ4n) is 2.62. The Kier molecular flexibility index (Phi) is 9.04. The van der Waals surface area contributed by atoms with Gasteiger partial charge in [-0.25, -0.2) is 4.79 Å². The average Bonchev–Trinajstić information content (AvgIpc) is 2.59. The molecule has 9 heteroatoms. The van der Waals surface area contributed by atoms with Crippen LogP contribution in [-0.4, -0.2) is 28.7 Å². The van der Waals surface area contributed by atoms with Gasteiger partial charge in [0.2, 0.25) is 5.91 Å². The molecule has 2 rings (SSSR count). The topological polar surface area (TPSA) is 87.7 Å². The quantitative estimate of drug-likeness (QED) is 0.349. The maximum absolute atomic E-state index is 13.1. The number of halogens is 3. The van der Waals surface area contributed by atoms with E-state index in [0.717, 1.165) is 14.7 Å². The van der Waals surface area contributed by atoms with Gasteiger partial charge in [0.25, 0.3) is 0 Å². The minimum absolute atomic E-state index is 0.204. The van der Waals surface area contributed by atoms with Crippen LogP contribution in [0.1, 0.15) is 31.9 Å². The Labute approximate surface area is 217 Å².